The molecule has 4 aromatic rings. The van der Waals surface area contributed by atoms with Crippen molar-refractivity contribution in [1.82, 2.24) is 24.0 Å². The summed E-state index contributed by atoms with van der Waals surface area (Å²) in [7, 11) is 0. The highest BCUT2D eigenvalue weighted by Crippen LogP contribution is 2.24. The number of aryl methyl sites for hydroxylation is 1. The second-order valence-corrected chi connectivity index (χ2v) is 8.13. The molecule has 0 atom stereocenters. The Morgan fingerprint density at radius 1 is 1.08 bits per heavy atom. The van der Waals surface area contributed by atoms with Crippen molar-refractivity contribution in [2.45, 2.75) is 10.9 Å². The number of rotatable bonds is 5. The van der Waals surface area contributed by atoms with Gasteiger partial charge >= 0.3 is 5.69 Å². The molecule has 6 nitrogen and oxygen atoms in total. The van der Waals surface area contributed by atoms with Gasteiger partial charge in [-0.3, -0.25) is 4.40 Å². The predicted molar refractivity (Wildman–Crippen MR) is 102 cm³/mol. The zero-order chi connectivity index (χ0) is 17.2. The molecule has 3 heterocycles. The summed E-state index contributed by atoms with van der Waals surface area (Å²) in [5.74, 6) is 0.695. The van der Waals surface area contributed by atoms with Crippen LogP contribution in [0.4, 0.5) is 0 Å². The molecule has 0 unspecified atom stereocenters. The van der Waals surface area contributed by atoms with Gasteiger partial charge in [-0.1, -0.05) is 47.4 Å². The first-order chi connectivity index (χ1) is 12.2. The number of pyridine rings is 1. The molecule has 0 fully saturated rings. The average Bonchev–Trinajstić information content (AvgIpc) is 3.16. The van der Waals surface area contributed by atoms with Crippen LogP contribution in [0.5, 0.6) is 0 Å². The molecule has 1 aromatic carbocycles. The topological polar surface area (TPSA) is 57.1 Å². The van der Waals surface area contributed by atoms with Gasteiger partial charge in [0.25, 0.3) is 0 Å². The Hall–Kier alpha value is -2.23. The molecular formula is C16H13N5OS3. The van der Waals surface area contributed by atoms with Gasteiger partial charge in [0.1, 0.15) is 0 Å². The van der Waals surface area contributed by atoms with E-state index in [1.807, 2.05) is 48.5 Å². The lowest BCUT2D eigenvalue weighted by Gasteiger charge is -1.99. The van der Waals surface area contributed by atoms with Crippen LogP contribution in [0.2, 0.25) is 0 Å². The largest absolute Gasteiger partial charge is 0.350 e. The van der Waals surface area contributed by atoms with Crippen molar-refractivity contribution in [3.8, 4) is 5.69 Å². The highest BCUT2D eigenvalue weighted by atomic mass is 32.2. The monoisotopic (exact) mass is 387 g/mol. The second kappa shape index (κ2) is 6.95. The average molecular weight is 388 g/mol. The molecule has 126 valence electrons. The van der Waals surface area contributed by atoms with Crippen molar-refractivity contribution in [3.63, 3.8) is 0 Å². The second-order valence-electron chi connectivity index (χ2n) is 5.16. The van der Waals surface area contributed by atoms with Crippen molar-refractivity contribution in [3.05, 3.63) is 69.2 Å². The van der Waals surface area contributed by atoms with Gasteiger partial charge in [-0.15, -0.1) is 10.2 Å². The van der Waals surface area contributed by atoms with E-state index in [4.69, 9.17) is 12.2 Å². The van der Waals surface area contributed by atoms with Crippen molar-refractivity contribution < 1.29 is 0 Å². The Morgan fingerprint density at radius 3 is 2.68 bits per heavy atom. The molecule has 3 aromatic heterocycles. The summed E-state index contributed by atoms with van der Waals surface area (Å²) >= 11 is 8.44. The fourth-order valence-corrected chi connectivity index (χ4v) is 4.73. The number of thioether (sulfide) groups is 1. The fourth-order valence-electron chi connectivity index (χ4n) is 2.38. The first-order valence-electron chi connectivity index (χ1n) is 7.55. The summed E-state index contributed by atoms with van der Waals surface area (Å²) in [5.41, 5.74) is 1.48. The Kier molecular flexibility index (Phi) is 4.51. The first kappa shape index (κ1) is 16.2. The van der Waals surface area contributed by atoms with E-state index in [1.54, 1.807) is 27.0 Å². The minimum atomic E-state index is -0.126. The van der Waals surface area contributed by atoms with Crippen LogP contribution in [-0.2, 0) is 6.54 Å². The molecule has 0 saturated carbocycles. The number of hydrogen-bond acceptors (Lipinski definition) is 6. The van der Waals surface area contributed by atoms with Crippen LogP contribution in [0.1, 0.15) is 0 Å². The van der Waals surface area contributed by atoms with E-state index in [0.717, 1.165) is 10.0 Å². The standard InChI is InChI=1S/C16H13N5OS3/c22-15-19-9-5-4-8-13(19)17-20(15)10-11-24-14-18-21(16(23)25-14)12-6-2-1-3-7-12/h1-9H,10-11H2. The molecule has 4 rings (SSSR count). The van der Waals surface area contributed by atoms with Gasteiger partial charge in [0.05, 0.1) is 12.2 Å². The van der Waals surface area contributed by atoms with Gasteiger partial charge in [-0.05, 0) is 36.5 Å². The van der Waals surface area contributed by atoms with Gasteiger partial charge in [0.2, 0.25) is 0 Å². The Labute approximate surface area is 156 Å². The minimum absolute atomic E-state index is 0.126. The third-order valence-electron chi connectivity index (χ3n) is 3.55. The summed E-state index contributed by atoms with van der Waals surface area (Å²) < 4.78 is 6.37. The number of benzene rings is 1. The number of para-hydroxylation sites is 1. The molecule has 0 saturated heterocycles. The maximum absolute atomic E-state index is 12.2. The summed E-state index contributed by atoms with van der Waals surface area (Å²) in [4.78, 5) is 12.2. The van der Waals surface area contributed by atoms with E-state index in [1.165, 1.54) is 16.0 Å². The van der Waals surface area contributed by atoms with Crippen LogP contribution in [0, 0.1) is 3.95 Å². The van der Waals surface area contributed by atoms with E-state index < -0.39 is 0 Å². The third kappa shape index (κ3) is 3.30. The van der Waals surface area contributed by atoms with E-state index >= 15 is 0 Å². The van der Waals surface area contributed by atoms with Crippen LogP contribution >= 0.6 is 35.3 Å². The summed E-state index contributed by atoms with van der Waals surface area (Å²) in [5, 5.41) is 8.88. The molecule has 0 N–H and O–H groups in total. The van der Waals surface area contributed by atoms with Crippen LogP contribution in [0.15, 0.2) is 63.9 Å². The molecule has 25 heavy (non-hydrogen) atoms. The molecule has 0 bridgehead atoms. The molecule has 0 aliphatic carbocycles. The Bertz CT molecular complexity index is 1130. The van der Waals surface area contributed by atoms with E-state index in [9.17, 15) is 4.79 Å². The quantitative estimate of drug-likeness (QED) is 0.389. The molecular weight excluding hydrogens is 374 g/mol. The van der Waals surface area contributed by atoms with Gasteiger partial charge in [-0.25, -0.2) is 14.2 Å². The van der Waals surface area contributed by atoms with Crippen LogP contribution in [-0.4, -0.2) is 29.7 Å². The molecule has 9 heteroatoms. The SMILES string of the molecule is O=c1n(CCSc2nn(-c3ccccc3)c(=S)s2)nc2ccccn12. The molecule has 0 radical (unpaired) electrons. The first-order valence-corrected chi connectivity index (χ1v) is 9.76. The van der Waals surface area contributed by atoms with Gasteiger partial charge in [0, 0.05) is 11.9 Å². The van der Waals surface area contributed by atoms with E-state index in [0.29, 0.717) is 21.9 Å². The predicted octanol–water partition coefficient (Wildman–Crippen LogP) is 3.26. The zero-order valence-electron chi connectivity index (χ0n) is 13.0. The van der Waals surface area contributed by atoms with E-state index in [2.05, 4.69) is 10.2 Å². The van der Waals surface area contributed by atoms with Gasteiger partial charge < -0.3 is 0 Å². The molecule has 0 aliphatic rings. The van der Waals surface area contributed by atoms with E-state index in [-0.39, 0.29) is 5.69 Å². The minimum Gasteiger partial charge on any atom is -0.250 e. The number of aromatic nitrogens is 5. The van der Waals surface area contributed by atoms with Crippen LogP contribution in [0.3, 0.4) is 0 Å². The smallest absolute Gasteiger partial charge is 0.250 e. The van der Waals surface area contributed by atoms with Crippen molar-refractivity contribution >= 4 is 41.0 Å². The number of hydrogen-bond donors (Lipinski definition) is 0. The third-order valence-corrected chi connectivity index (χ3v) is 5.89. The number of nitrogens with zero attached hydrogens (tertiary/aromatic N) is 5. The fraction of sp³-hybridized carbons (Fsp3) is 0.125. The lowest BCUT2D eigenvalue weighted by molar-refractivity contribution is 0.639. The van der Waals surface area contributed by atoms with Crippen molar-refractivity contribution in [2.75, 3.05) is 5.75 Å². The van der Waals surface area contributed by atoms with Gasteiger partial charge in [-0.2, -0.15) is 0 Å². The highest BCUT2D eigenvalue weighted by Gasteiger charge is 2.08. The molecule has 0 amide bonds. The van der Waals surface area contributed by atoms with Crippen LogP contribution in [0.25, 0.3) is 11.3 Å². The highest BCUT2D eigenvalue weighted by molar-refractivity contribution is 8.01. The Morgan fingerprint density at radius 2 is 1.88 bits per heavy atom. The summed E-state index contributed by atoms with van der Waals surface area (Å²) in [6.45, 7) is 0.517. The maximum atomic E-state index is 12.2. The number of fused-ring (bicyclic) bond motifs is 1. The lowest BCUT2D eigenvalue weighted by atomic mass is 10.3. The lowest BCUT2D eigenvalue weighted by Crippen LogP contribution is -2.21. The summed E-state index contributed by atoms with van der Waals surface area (Å²) in [6.07, 6.45) is 1.72. The molecule has 0 aliphatic heterocycles. The normalized spacial score (nSPS) is 11.2. The molecule has 0 spiro atoms. The van der Waals surface area contributed by atoms with Crippen LogP contribution < -0.4 is 5.69 Å². The maximum Gasteiger partial charge on any atom is 0.350 e. The van der Waals surface area contributed by atoms with Crippen molar-refractivity contribution in [2.24, 2.45) is 0 Å². The summed E-state index contributed by atoms with van der Waals surface area (Å²) in [6, 6.07) is 15.3. The zero-order valence-corrected chi connectivity index (χ0v) is 15.4. The van der Waals surface area contributed by atoms with Gasteiger partial charge in [0.15, 0.2) is 13.9 Å². The Balaban J connectivity index is 1.48. The van der Waals surface area contributed by atoms with Crippen molar-refractivity contribution in [1.29, 1.82) is 0 Å².